The Bertz CT molecular complexity index is 1030. The summed E-state index contributed by atoms with van der Waals surface area (Å²) in [6.07, 6.45) is 0. The van der Waals surface area contributed by atoms with Gasteiger partial charge in [-0.2, -0.15) is 18.4 Å². The highest BCUT2D eigenvalue weighted by molar-refractivity contribution is 7.89. The predicted octanol–water partition coefficient (Wildman–Crippen LogP) is 3.46. The monoisotopic (exact) mass is 350 g/mol. The van der Waals surface area contributed by atoms with Crippen molar-refractivity contribution in [2.45, 2.75) is 11.8 Å². The van der Waals surface area contributed by atoms with Gasteiger partial charge in [0.25, 0.3) is 10.0 Å². The predicted molar refractivity (Wildman–Crippen MR) is 98.9 cm³/mol. The molecular weight excluding hydrogens is 332 g/mol. The second-order valence-corrected chi connectivity index (χ2v) is 7.26. The number of sulfonamides is 1. The van der Waals surface area contributed by atoms with Crippen LogP contribution in [0.5, 0.6) is 0 Å². The molecule has 0 radical (unpaired) electrons. The van der Waals surface area contributed by atoms with Crippen molar-refractivity contribution in [1.82, 2.24) is 4.83 Å². The largest absolute Gasteiger partial charge is 0.276 e. The molecule has 0 aliphatic rings. The highest BCUT2D eigenvalue weighted by Gasteiger charge is 2.12. The Labute approximate surface area is 147 Å². The van der Waals surface area contributed by atoms with Gasteiger partial charge in [-0.05, 0) is 30.7 Å². The van der Waals surface area contributed by atoms with Crippen LogP contribution in [0.2, 0.25) is 0 Å². The molecule has 0 fully saturated rings. The zero-order chi connectivity index (χ0) is 17.7. The zero-order valence-corrected chi connectivity index (χ0v) is 14.6. The van der Waals surface area contributed by atoms with Crippen molar-refractivity contribution in [3.8, 4) is 11.1 Å². The molecule has 0 unspecified atom stereocenters. The van der Waals surface area contributed by atoms with E-state index in [1.165, 1.54) is 0 Å². The van der Waals surface area contributed by atoms with E-state index in [1.54, 1.807) is 30.3 Å². The van der Waals surface area contributed by atoms with E-state index in [9.17, 15) is 8.42 Å². The van der Waals surface area contributed by atoms with Crippen LogP contribution < -0.4 is 10.2 Å². The van der Waals surface area contributed by atoms with Crippen LogP contribution in [0.3, 0.4) is 0 Å². The normalized spacial score (nSPS) is 12.0. The molecule has 25 heavy (non-hydrogen) atoms. The van der Waals surface area contributed by atoms with E-state index in [-0.39, 0.29) is 4.90 Å². The molecule has 0 heterocycles. The van der Waals surface area contributed by atoms with Gasteiger partial charge in [-0.15, -0.1) is 0 Å². The van der Waals surface area contributed by atoms with Gasteiger partial charge >= 0.3 is 0 Å². The van der Waals surface area contributed by atoms with E-state index < -0.39 is 10.0 Å². The lowest BCUT2D eigenvalue weighted by Crippen LogP contribution is -2.22. The maximum atomic E-state index is 12.4. The molecule has 5 heteroatoms. The summed E-state index contributed by atoms with van der Waals surface area (Å²) in [6.45, 7) is 1.91. The molecule has 0 saturated heterocycles. The van der Waals surface area contributed by atoms with Gasteiger partial charge in [-0.1, -0.05) is 72.3 Å². The number of aryl methyl sites for hydroxylation is 1. The Morgan fingerprint density at radius 3 is 2.04 bits per heavy atom. The molecule has 0 aromatic heterocycles. The topological polar surface area (TPSA) is 58.5 Å². The first-order valence-corrected chi connectivity index (χ1v) is 9.31. The summed E-state index contributed by atoms with van der Waals surface area (Å²) < 4.78 is 24.9. The van der Waals surface area contributed by atoms with Crippen LogP contribution in [0.4, 0.5) is 0 Å². The van der Waals surface area contributed by atoms with E-state index in [2.05, 4.69) is 9.93 Å². The number of hydrogen-bond acceptors (Lipinski definition) is 3. The second kappa shape index (κ2) is 7.32. The van der Waals surface area contributed by atoms with Gasteiger partial charge in [0, 0.05) is 5.56 Å². The van der Waals surface area contributed by atoms with Crippen LogP contribution in [0, 0.1) is 6.92 Å². The first kappa shape index (κ1) is 16.9. The molecule has 0 bridgehead atoms. The Hall–Kier alpha value is -2.92. The molecule has 3 aromatic carbocycles. The lowest BCUT2D eigenvalue weighted by molar-refractivity contribution is 0.583. The molecule has 0 saturated carbocycles. The van der Waals surface area contributed by atoms with Crippen LogP contribution >= 0.6 is 0 Å². The first-order chi connectivity index (χ1) is 12.1. The average molecular weight is 350 g/mol. The molecule has 3 rings (SSSR count). The van der Waals surface area contributed by atoms with Gasteiger partial charge in [0.05, 0.1) is 10.3 Å². The van der Waals surface area contributed by atoms with Crippen molar-refractivity contribution < 1.29 is 8.42 Å². The fourth-order valence-corrected chi connectivity index (χ4v) is 3.19. The molecule has 3 aromatic rings. The van der Waals surface area contributed by atoms with Crippen molar-refractivity contribution in [2.24, 2.45) is 5.10 Å². The third kappa shape index (κ3) is 4.14. The van der Waals surface area contributed by atoms with E-state index >= 15 is 0 Å². The Balaban J connectivity index is 2.02. The molecule has 0 spiro atoms. The van der Waals surface area contributed by atoms with Crippen LogP contribution in [-0.4, -0.2) is 8.42 Å². The standard InChI is InChI=1S/C20H18N2O2S/c1-16-12-14-18(15-13-16)25(23,24)22-21-20-11-7-3-6-10-19(20)17-8-4-2-5-9-17/h2-15,22H,1H3/b21-20-. The number of nitrogens with zero attached hydrogens (tertiary/aromatic N) is 1. The summed E-state index contributed by atoms with van der Waals surface area (Å²) in [6, 6.07) is 25.7. The molecule has 0 aliphatic heterocycles. The van der Waals surface area contributed by atoms with Crippen LogP contribution in [0.25, 0.3) is 11.1 Å². The Morgan fingerprint density at radius 2 is 1.36 bits per heavy atom. The van der Waals surface area contributed by atoms with Crippen LogP contribution in [-0.2, 0) is 10.0 Å². The van der Waals surface area contributed by atoms with Gasteiger partial charge in [0.2, 0.25) is 0 Å². The fraction of sp³-hybridized carbons (Fsp3) is 0.0500. The molecule has 0 aliphatic carbocycles. The highest BCUT2D eigenvalue weighted by Crippen LogP contribution is 2.14. The molecule has 126 valence electrons. The third-order valence-corrected chi connectivity index (χ3v) is 4.94. The Kier molecular flexibility index (Phi) is 4.95. The maximum absolute atomic E-state index is 12.4. The summed E-state index contributed by atoms with van der Waals surface area (Å²) >= 11 is 0. The fourth-order valence-electron chi connectivity index (χ4n) is 2.38. The van der Waals surface area contributed by atoms with Gasteiger partial charge in [-0.3, -0.25) is 0 Å². The summed E-state index contributed by atoms with van der Waals surface area (Å²) in [5.41, 5.74) is 2.81. The van der Waals surface area contributed by atoms with Crippen molar-refractivity contribution in [3.05, 3.63) is 95.8 Å². The quantitative estimate of drug-likeness (QED) is 0.733. The number of rotatable bonds is 4. The lowest BCUT2D eigenvalue weighted by atomic mass is 10.1. The van der Waals surface area contributed by atoms with E-state index in [1.807, 2.05) is 61.5 Å². The van der Waals surface area contributed by atoms with Crippen molar-refractivity contribution in [3.63, 3.8) is 0 Å². The highest BCUT2D eigenvalue weighted by atomic mass is 32.2. The zero-order valence-electron chi connectivity index (χ0n) is 13.8. The second-order valence-electron chi connectivity index (χ2n) is 5.60. The molecule has 1 N–H and O–H groups in total. The minimum atomic E-state index is -3.71. The molecule has 4 nitrogen and oxygen atoms in total. The average Bonchev–Trinajstić information content (AvgIpc) is 2.87. The minimum absolute atomic E-state index is 0.184. The Morgan fingerprint density at radius 1 is 0.760 bits per heavy atom. The first-order valence-electron chi connectivity index (χ1n) is 7.83. The summed E-state index contributed by atoms with van der Waals surface area (Å²) in [7, 11) is -3.71. The van der Waals surface area contributed by atoms with E-state index in [0.717, 1.165) is 16.7 Å². The third-order valence-electron chi connectivity index (χ3n) is 3.72. The lowest BCUT2D eigenvalue weighted by Gasteiger charge is -2.04. The molecular formula is C20H18N2O2S. The molecule has 0 amide bonds. The maximum Gasteiger partial charge on any atom is 0.276 e. The summed E-state index contributed by atoms with van der Waals surface area (Å²) in [5, 5.41) is 4.70. The molecule has 0 atom stereocenters. The summed E-state index contributed by atoms with van der Waals surface area (Å²) in [5.74, 6) is 0. The van der Waals surface area contributed by atoms with Gasteiger partial charge in [0.15, 0.2) is 0 Å². The van der Waals surface area contributed by atoms with Crippen LogP contribution in [0.1, 0.15) is 5.56 Å². The number of hydrogen-bond donors (Lipinski definition) is 1. The van der Waals surface area contributed by atoms with Crippen molar-refractivity contribution in [2.75, 3.05) is 0 Å². The van der Waals surface area contributed by atoms with E-state index in [0.29, 0.717) is 5.36 Å². The van der Waals surface area contributed by atoms with Gasteiger partial charge in [-0.25, -0.2) is 0 Å². The van der Waals surface area contributed by atoms with Crippen LogP contribution in [0.15, 0.2) is 94.9 Å². The number of nitrogens with one attached hydrogen (secondary N) is 1. The number of benzene rings is 2. The van der Waals surface area contributed by atoms with Crippen molar-refractivity contribution >= 4 is 10.0 Å². The smallest absolute Gasteiger partial charge is 0.200 e. The van der Waals surface area contributed by atoms with Gasteiger partial charge < -0.3 is 0 Å². The minimum Gasteiger partial charge on any atom is -0.200 e. The van der Waals surface area contributed by atoms with Crippen molar-refractivity contribution in [1.29, 1.82) is 0 Å². The van der Waals surface area contributed by atoms with E-state index in [4.69, 9.17) is 0 Å². The SMILES string of the molecule is Cc1ccc(S(=O)(=O)N/N=c2/cccccc2-c2ccccc2)cc1. The summed E-state index contributed by atoms with van der Waals surface area (Å²) in [4.78, 5) is 2.52. The van der Waals surface area contributed by atoms with Gasteiger partial charge in [0.1, 0.15) is 0 Å².